The van der Waals surface area contributed by atoms with Gasteiger partial charge in [0, 0.05) is 40.0 Å². The molecule has 5 rings (SSSR count). The van der Waals surface area contributed by atoms with Gasteiger partial charge in [-0.1, -0.05) is 24.3 Å². The Labute approximate surface area is 209 Å². The van der Waals surface area contributed by atoms with Gasteiger partial charge >= 0.3 is 6.18 Å². The lowest BCUT2D eigenvalue weighted by atomic mass is 9.98. The third-order valence-electron chi connectivity index (χ3n) is 5.92. The molecule has 0 bridgehead atoms. The van der Waals surface area contributed by atoms with Gasteiger partial charge in [0.1, 0.15) is 5.65 Å². The summed E-state index contributed by atoms with van der Waals surface area (Å²) in [4.78, 5) is 23.9. The van der Waals surface area contributed by atoms with E-state index in [2.05, 4.69) is 20.3 Å². The number of nitrogens with one attached hydrogen (secondary N) is 2. The van der Waals surface area contributed by atoms with E-state index in [1.807, 2.05) is 25.1 Å². The van der Waals surface area contributed by atoms with Crippen LogP contribution in [0.4, 0.5) is 18.9 Å². The van der Waals surface area contributed by atoms with Crippen molar-refractivity contribution in [1.82, 2.24) is 15.0 Å². The minimum atomic E-state index is -4.55. The number of rotatable bonds is 4. The lowest BCUT2D eigenvalue weighted by Gasteiger charge is -2.12. The summed E-state index contributed by atoms with van der Waals surface area (Å²) in [6.45, 7) is 1.90. The van der Waals surface area contributed by atoms with Crippen molar-refractivity contribution in [2.24, 2.45) is 0 Å². The van der Waals surface area contributed by atoms with Crippen LogP contribution in [0.25, 0.3) is 33.1 Å². The number of carbonyl (C=O) groups excluding carboxylic acids is 1. The number of amides is 1. The number of nitrogens with zero attached hydrogens (tertiary/aromatic N) is 2. The van der Waals surface area contributed by atoms with Crippen molar-refractivity contribution in [2.45, 2.75) is 18.3 Å². The van der Waals surface area contributed by atoms with Crippen molar-refractivity contribution in [1.29, 1.82) is 0 Å². The van der Waals surface area contributed by atoms with E-state index in [-0.39, 0.29) is 10.7 Å². The first-order valence-electron chi connectivity index (χ1n) is 11.0. The first-order valence-corrected chi connectivity index (χ1v) is 12.9. The number of halogens is 3. The largest absolute Gasteiger partial charge is 0.416 e. The first-order chi connectivity index (χ1) is 17.4. The highest BCUT2D eigenvalue weighted by molar-refractivity contribution is 7.90. The van der Waals surface area contributed by atoms with Gasteiger partial charge in [0.25, 0.3) is 5.91 Å². The fourth-order valence-electron chi connectivity index (χ4n) is 4.07. The molecule has 0 atom stereocenters. The molecule has 2 N–H and O–H groups in total. The first kappa shape index (κ1) is 24.4. The molecule has 2 aromatic heterocycles. The van der Waals surface area contributed by atoms with Crippen LogP contribution in [0, 0.1) is 6.92 Å². The number of fused-ring (bicyclic) bond motifs is 3. The SMILES string of the molecule is Cc1ccc(NC(=O)c2cccc(C(F)(F)F)c2)cc1-c1ccc2c(c1)[nH]c1nc(S(C)(=O)=O)ncc12. The van der Waals surface area contributed by atoms with E-state index >= 15 is 0 Å². The van der Waals surface area contributed by atoms with Gasteiger partial charge in [-0.3, -0.25) is 4.79 Å². The van der Waals surface area contributed by atoms with Gasteiger partial charge in [-0.2, -0.15) is 13.2 Å². The van der Waals surface area contributed by atoms with Crippen molar-refractivity contribution in [3.05, 3.63) is 83.6 Å². The van der Waals surface area contributed by atoms with Gasteiger partial charge in [0.2, 0.25) is 15.0 Å². The molecular formula is C26H19F3N4O3S. The summed E-state index contributed by atoms with van der Waals surface area (Å²) in [6.07, 6.45) is -2.05. The normalized spacial score (nSPS) is 12.2. The number of alkyl halides is 3. The van der Waals surface area contributed by atoms with E-state index in [0.717, 1.165) is 40.5 Å². The second-order valence-corrected chi connectivity index (χ2v) is 10.5. The zero-order valence-electron chi connectivity index (χ0n) is 19.5. The van der Waals surface area contributed by atoms with Crippen LogP contribution in [-0.4, -0.2) is 35.5 Å². The monoisotopic (exact) mass is 524 g/mol. The molecule has 0 radical (unpaired) electrons. The zero-order valence-corrected chi connectivity index (χ0v) is 20.3. The molecule has 0 saturated carbocycles. The Kier molecular flexibility index (Phi) is 5.75. The average Bonchev–Trinajstić information content (AvgIpc) is 3.21. The van der Waals surface area contributed by atoms with Crippen LogP contribution in [-0.2, 0) is 16.0 Å². The van der Waals surface area contributed by atoms with Gasteiger partial charge in [-0.15, -0.1) is 0 Å². The van der Waals surface area contributed by atoms with Crippen LogP contribution in [0.5, 0.6) is 0 Å². The number of carbonyl (C=O) groups is 1. The van der Waals surface area contributed by atoms with Crippen molar-refractivity contribution < 1.29 is 26.4 Å². The molecule has 0 saturated heterocycles. The second kappa shape index (κ2) is 8.70. The molecule has 0 aliphatic rings. The fraction of sp³-hybridized carbons (Fsp3) is 0.115. The zero-order chi connectivity index (χ0) is 26.5. The van der Waals surface area contributed by atoms with Gasteiger partial charge in [0.15, 0.2) is 0 Å². The molecule has 0 aliphatic heterocycles. The number of sulfone groups is 1. The molecule has 0 fully saturated rings. The summed E-state index contributed by atoms with van der Waals surface area (Å²) < 4.78 is 62.7. The molecule has 37 heavy (non-hydrogen) atoms. The molecule has 0 spiro atoms. The lowest BCUT2D eigenvalue weighted by molar-refractivity contribution is -0.137. The van der Waals surface area contributed by atoms with Crippen molar-refractivity contribution >= 4 is 43.4 Å². The van der Waals surface area contributed by atoms with Crippen molar-refractivity contribution in [3.8, 4) is 11.1 Å². The van der Waals surface area contributed by atoms with Crippen LogP contribution < -0.4 is 5.32 Å². The minimum Gasteiger partial charge on any atom is -0.339 e. The quantitative estimate of drug-likeness (QED) is 0.291. The van der Waals surface area contributed by atoms with Crippen LogP contribution in [0.2, 0.25) is 0 Å². The summed E-state index contributed by atoms with van der Waals surface area (Å²) in [7, 11) is -3.57. The molecule has 11 heteroatoms. The van der Waals surface area contributed by atoms with Crippen molar-refractivity contribution in [2.75, 3.05) is 11.6 Å². The topological polar surface area (TPSA) is 105 Å². The molecular weight excluding hydrogens is 505 g/mol. The van der Waals surface area contributed by atoms with Gasteiger partial charge in [-0.05, 0) is 60.0 Å². The third-order valence-corrected chi connectivity index (χ3v) is 6.78. The Morgan fingerprint density at radius 1 is 1.00 bits per heavy atom. The maximum Gasteiger partial charge on any atom is 0.416 e. The van der Waals surface area contributed by atoms with Gasteiger partial charge in [0.05, 0.1) is 5.56 Å². The van der Waals surface area contributed by atoms with Gasteiger partial charge in [-0.25, -0.2) is 18.4 Å². The predicted octanol–water partition coefficient (Wildman–Crippen LogP) is 5.76. The van der Waals surface area contributed by atoms with Crippen LogP contribution in [0.3, 0.4) is 0 Å². The molecule has 7 nitrogen and oxygen atoms in total. The Morgan fingerprint density at radius 2 is 1.78 bits per heavy atom. The van der Waals surface area contributed by atoms with Crippen LogP contribution in [0.15, 0.2) is 72.0 Å². The molecule has 188 valence electrons. The fourth-order valence-corrected chi connectivity index (χ4v) is 4.57. The summed E-state index contributed by atoms with van der Waals surface area (Å²) in [5.74, 6) is -0.660. The molecule has 0 unspecified atom stereocenters. The van der Waals surface area contributed by atoms with Gasteiger partial charge < -0.3 is 10.3 Å². The number of hydrogen-bond donors (Lipinski definition) is 2. The van der Waals surface area contributed by atoms with E-state index in [0.29, 0.717) is 22.2 Å². The molecule has 2 heterocycles. The number of H-pyrrole nitrogens is 1. The highest BCUT2D eigenvalue weighted by atomic mass is 32.2. The molecule has 5 aromatic rings. The number of anilines is 1. The third kappa shape index (κ3) is 4.77. The summed E-state index contributed by atoms with van der Waals surface area (Å²) in [5.41, 5.74) is 3.03. The predicted molar refractivity (Wildman–Crippen MR) is 134 cm³/mol. The Bertz CT molecular complexity index is 1810. The Morgan fingerprint density at radius 3 is 2.51 bits per heavy atom. The summed E-state index contributed by atoms with van der Waals surface area (Å²) >= 11 is 0. The molecule has 1 amide bonds. The number of aromatic amines is 1. The number of benzene rings is 3. The maximum atomic E-state index is 13.0. The van der Waals surface area contributed by atoms with Crippen LogP contribution in [0.1, 0.15) is 21.5 Å². The van der Waals surface area contributed by atoms with Crippen LogP contribution >= 0.6 is 0 Å². The van der Waals surface area contributed by atoms with E-state index in [1.54, 1.807) is 18.2 Å². The number of aromatic nitrogens is 3. The summed E-state index contributed by atoms with van der Waals surface area (Å²) in [6, 6.07) is 15.1. The standard InChI is InChI=1S/C26H19F3N4O3S/c1-14-6-8-18(31-24(34)16-4-3-5-17(10-16)26(27,28)29)12-20(14)15-7-9-19-21-13-30-25(37(2,35)36)33-23(21)32-22(19)11-15/h3-13H,1-2H3,(H,31,34)(H,30,32,33). The van der Waals surface area contributed by atoms with E-state index < -0.39 is 27.5 Å². The summed E-state index contributed by atoms with van der Waals surface area (Å²) in [5, 5.41) is 3.88. The lowest BCUT2D eigenvalue weighted by Crippen LogP contribution is -2.14. The Balaban J connectivity index is 1.48. The van der Waals surface area contributed by atoms with Crippen molar-refractivity contribution in [3.63, 3.8) is 0 Å². The Hall–Kier alpha value is -4.25. The average molecular weight is 525 g/mol. The molecule has 3 aromatic carbocycles. The van der Waals surface area contributed by atoms with E-state index in [9.17, 15) is 26.4 Å². The van der Waals surface area contributed by atoms with E-state index in [4.69, 9.17) is 0 Å². The minimum absolute atomic E-state index is 0.106. The number of aryl methyl sites for hydroxylation is 1. The molecule has 0 aliphatic carbocycles. The number of hydrogen-bond acceptors (Lipinski definition) is 5. The maximum absolute atomic E-state index is 13.0. The second-order valence-electron chi connectivity index (χ2n) is 8.63. The highest BCUT2D eigenvalue weighted by Crippen LogP contribution is 2.33. The smallest absolute Gasteiger partial charge is 0.339 e. The van der Waals surface area contributed by atoms with E-state index in [1.165, 1.54) is 18.3 Å². The highest BCUT2D eigenvalue weighted by Gasteiger charge is 2.31.